The van der Waals surface area contributed by atoms with Crippen molar-refractivity contribution in [2.75, 3.05) is 5.32 Å². The zero-order valence-corrected chi connectivity index (χ0v) is 22.8. The van der Waals surface area contributed by atoms with Gasteiger partial charge >= 0.3 is 0 Å². The van der Waals surface area contributed by atoms with E-state index in [1.54, 1.807) is 36.4 Å². The van der Waals surface area contributed by atoms with Crippen LogP contribution >= 0.6 is 11.3 Å². The normalized spacial score (nSPS) is 10.7. The second kappa shape index (κ2) is 13.7. The summed E-state index contributed by atoms with van der Waals surface area (Å²) in [6, 6.07) is 35.5. The largest absolute Gasteiger partial charge is 0.489 e. The van der Waals surface area contributed by atoms with Gasteiger partial charge in [0.15, 0.2) is 0 Å². The van der Waals surface area contributed by atoms with Crippen LogP contribution in [0.25, 0.3) is 0 Å². The summed E-state index contributed by atoms with van der Waals surface area (Å²) < 4.78 is 12.1. The zero-order chi connectivity index (χ0) is 28.3. The third-order valence-corrected chi connectivity index (χ3v) is 6.81. The molecule has 4 aromatic carbocycles. The van der Waals surface area contributed by atoms with Crippen molar-refractivity contribution >= 4 is 35.1 Å². The van der Waals surface area contributed by atoms with E-state index in [9.17, 15) is 9.59 Å². The number of thiophene rings is 1. The molecular formula is C33H27N3O4S. The van der Waals surface area contributed by atoms with Crippen LogP contribution in [0, 0.1) is 0 Å². The third kappa shape index (κ3) is 7.90. The molecule has 0 aliphatic carbocycles. The molecule has 0 bridgehead atoms. The van der Waals surface area contributed by atoms with Gasteiger partial charge in [0.2, 0.25) is 0 Å². The molecule has 0 spiro atoms. The van der Waals surface area contributed by atoms with Crippen molar-refractivity contribution in [2.45, 2.75) is 13.2 Å². The molecule has 0 radical (unpaired) electrons. The van der Waals surface area contributed by atoms with E-state index in [4.69, 9.17) is 9.47 Å². The fourth-order valence-corrected chi connectivity index (χ4v) is 4.54. The molecule has 7 nitrogen and oxygen atoms in total. The van der Waals surface area contributed by atoms with Crippen LogP contribution in [0.2, 0.25) is 0 Å². The molecule has 5 aromatic rings. The maximum atomic E-state index is 13.0. The van der Waals surface area contributed by atoms with Gasteiger partial charge in [0, 0.05) is 11.6 Å². The van der Waals surface area contributed by atoms with E-state index < -0.39 is 5.91 Å². The van der Waals surface area contributed by atoms with Gasteiger partial charge in [-0.05, 0) is 46.8 Å². The lowest BCUT2D eigenvalue weighted by Crippen LogP contribution is -2.21. The average molecular weight is 562 g/mol. The molecule has 0 saturated carbocycles. The Kier molecular flexibility index (Phi) is 9.16. The van der Waals surface area contributed by atoms with E-state index in [1.807, 2.05) is 84.2 Å². The summed E-state index contributed by atoms with van der Waals surface area (Å²) in [4.78, 5) is 26.0. The number of hydrogen-bond acceptors (Lipinski definition) is 6. The number of amides is 2. The topological polar surface area (TPSA) is 89.0 Å². The Morgan fingerprint density at radius 2 is 1.32 bits per heavy atom. The van der Waals surface area contributed by atoms with E-state index in [0.717, 1.165) is 11.1 Å². The summed E-state index contributed by atoms with van der Waals surface area (Å²) in [6.45, 7) is 0.786. The number of carbonyl (C=O) groups is 2. The van der Waals surface area contributed by atoms with Crippen LogP contribution in [0.15, 0.2) is 126 Å². The van der Waals surface area contributed by atoms with Crippen molar-refractivity contribution in [3.63, 3.8) is 0 Å². The van der Waals surface area contributed by atoms with Crippen LogP contribution in [0.5, 0.6) is 11.5 Å². The Morgan fingerprint density at radius 3 is 1.93 bits per heavy atom. The zero-order valence-electron chi connectivity index (χ0n) is 22.0. The highest BCUT2D eigenvalue weighted by atomic mass is 32.1. The highest BCUT2D eigenvalue weighted by molar-refractivity contribution is 7.12. The number of benzene rings is 4. The molecule has 41 heavy (non-hydrogen) atoms. The Bertz CT molecular complexity index is 1560. The molecule has 2 amide bonds. The van der Waals surface area contributed by atoms with Crippen LogP contribution in [0.1, 0.15) is 36.7 Å². The molecule has 0 saturated heterocycles. The van der Waals surface area contributed by atoms with E-state index in [0.29, 0.717) is 46.4 Å². The number of hydrogen-bond donors (Lipinski definition) is 2. The molecular weight excluding hydrogens is 534 g/mol. The summed E-state index contributed by atoms with van der Waals surface area (Å²) in [7, 11) is 0. The first kappa shape index (κ1) is 27.4. The second-order valence-corrected chi connectivity index (χ2v) is 9.91. The monoisotopic (exact) mass is 561 g/mol. The lowest BCUT2D eigenvalue weighted by Gasteiger charge is -2.12. The first-order valence-electron chi connectivity index (χ1n) is 12.9. The van der Waals surface area contributed by atoms with Gasteiger partial charge in [-0.3, -0.25) is 9.59 Å². The van der Waals surface area contributed by atoms with Gasteiger partial charge in [-0.15, -0.1) is 11.3 Å². The predicted octanol–water partition coefficient (Wildman–Crippen LogP) is 6.92. The summed E-state index contributed by atoms with van der Waals surface area (Å²) >= 11 is 1.33. The molecule has 204 valence electrons. The fraction of sp³-hybridized carbons (Fsp3) is 0.0606. The number of rotatable bonds is 11. The Balaban J connectivity index is 1.29. The summed E-state index contributed by atoms with van der Waals surface area (Å²) in [5, 5.41) is 8.78. The predicted molar refractivity (Wildman–Crippen MR) is 162 cm³/mol. The number of anilines is 1. The molecule has 5 rings (SSSR count). The first-order valence-corrected chi connectivity index (χ1v) is 13.8. The molecule has 8 heteroatoms. The second-order valence-electron chi connectivity index (χ2n) is 8.96. The van der Waals surface area contributed by atoms with Crippen molar-refractivity contribution in [1.82, 2.24) is 5.43 Å². The number of carbonyl (C=O) groups excluding carboxylic acids is 2. The van der Waals surface area contributed by atoms with E-state index in [-0.39, 0.29) is 5.91 Å². The maximum Gasteiger partial charge on any atom is 0.273 e. The van der Waals surface area contributed by atoms with Crippen LogP contribution < -0.4 is 20.2 Å². The highest BCUT2D eigenvalue weighted by Crippen LogP contribution is 2.24. The van der Waals surface area contributed by atoms with Crippen LogP contribution in [-0.4, -0.2) is 18.0 Å². The number of para-hydroxylation sites is 1. The lowest BCUT2D eigenvalue weighted by atomic mass is 10.1. The minimum absolute atomic E-state index is 0.279. The molecule has 0 unspecified atom stereocenters. The summed E-state index contributed by atoms with van der Waals surface area (Å²) in [5.41, 5.74) is 5.99. The van der Waals surface area contributed by atoms with Crippen molar-refractivity contribution < 1.29 is 19.1 Å². The summed E-state index contributed by atoms with van der Waals surface area (Å²) in [6.07, 6.45) is 1.52. The minimum Gasteiger partial charge on any atom is -0.489 e. The van der Waals surface area contributed by atoms with Gasteiger partial charge in [-0.25, -0.2) is 5.43 Å². The number of hydrazone groups is 1. The van der Waals surface area contributed by atoms with Crippen LogP contribution in [0.4, 0.5) is 5.69 Å². The van der Waals surface area contributed by atoms with Gasteiger partial charge in [-0.1, -0.05) is 78.9 Å². The standard InChI is InChI=1S/C33H27N3O4S/c37-32(29-14-7-8-15-30(29)35-33(38)31-16-9-17-41-31)36-34-21-26-18-27(39-22-24-10-3-1-4-11-24)20-28(19-26)40-23-25-12-5-2-6-13-25/h1-21H,22-23H2,(H,35,38)(H,36,37)/b34-21+. The van der Waals surface area contributed by atoms with Crippen molar-refractivity contribution in [3.8, 4) is 11.5 Å². The minimum atomic E-state index is -0.458. The number of ether oxygens (including phenoxy) is 2. The smallest absolute Gasteiger partial charge is 0.273 e. The van der Waals surface area contributed by atoms with E-state index in [1.165, 1.54) is 17.6 Å². The van der Waals surface area contributed by atoms with E-state index >= 15 is 0 Å². The quantitative estimate of drug-likeness (QED) is 0.135. The molecule has 0 atom stereocenters. The molecule has 1 aromatic heterocycles. The Hall–Kier alpha value is -5.21. The van der Waals surface area contributed by atoms with Gasteiger partial charge in [0.05, 0.1) is 22.3 Å². The highest BCUT2D eigenvalue weighted by Gasteiger charge is 2.14. The first-order chi connectivity index (χ1) is 20.1. The van der Waals surface area contributed by atoms with Crippen LogP contribution in [0.3, 0.4) is 0 Å². The molecule has 0 fully saturated rings. The molecule has 0 aliphatic rings. The summed E-state index contributed by atoms with van der Waals surface area (Å²) in [5.74, 6) is 0.474. The molecule has 1 heterocycles. The van der Waals surface area contributed by atoms with Crippen molar-refractivity contribution in [3.05, 3.63) is 148 Å². The average Bonchev–Trinajstić information content (AvgIpc) is 3.56. The van der Waals surface area contributed by atoms with Gasteiger partial charge < -0.3 is 14.8 Å². The van der Waals surface area contributed by atoms with Crippen LogP contribution in [-0.2, 0) is 13.2 Å². The maximum absolute atomic E-state index is 13.0. The molecule has 0 aliphatic heterocycles. The Morgan fingerprint density at radius 1 is 0.707 bits per heavy atom. The third-order valence-electron chi connectivity index (χ3n) is 5.94. The van der Waals surface area contributed by atoms with Gasteiger partial charge in [0.25, 0.3) is 11.8 Å². The van der Waals surface area contributed by atoms with Crippen molar-refractivity contribution in [1.29, 1.82) is 0 Å². The number of nitrogens with one attached hydrogen (secondary N) is 2. The van der Waals surface area contributed by atoms with Gasteiger partial charge in [-0.2, -0.15) is 5.10 Å². The molecule has 2 N–H and O–H groups in total. The Labute approximate surface area is 242 Å². The fourth-order valence-electron chi connectivity index (χ4n) is 3.92. The SMILES string of the molecule is O=C(Nc1ccccc1C(=O)N/N=C/c1cc(OCc2ccccc2)cc(OCc2ccccc2)c1)c1cccs1. The van der Waals surface area contributed by atoms with Gasteiger partial charge in [0.1, 0.15) is 24.7 Å². The lowest BCUT2D eigenvalue weighted by molar-refractivity contribution is 0.0956. The van der Waals surface area contributed by atoms with E-state index in [2.05, 4.69) is 15.8 Å². The van der Waals surface area contributed by atoms with Crippen molar-refractivity contribution in [2.24, 2.45) is 5.10 Å². The number of nitrogens with zero attached hydrogens (tertiary/aromatic N) is 1.